The third-order valence-electron chi connectivity index (χ3n) is 2.69. The van der Waals surface area contributed by atoms with E-state index in [4.69, 9.17) is 5.73 Å². The number of pyridine rings is 1. The van der Waals surface area contributed by atoms with E-state index in [9.17, 15) is 18.0 Å². The highest BCUT2D eigenvalue weighted by Gasteiger charge is 2.34. The number of nitrogens with two attached hydrogens (primary N) is 1. The van der Waals surface area contributed by atoms with Crippen molar-refractivity contribution in [2.45, 2.75) is 25.9 Å². The van der Waals surface area contributed by atoms with Crippen LogP contribution < -0.4 is 5.73 Å². The number of aromatic nitrogens is 1. The molecule has 0 radical (unpaired) electrons. The number of rotatable bonds is 5. The molecule has 0 aromatic carbocycles. The first-order chi connectivity index (χ1) is 8.36. The van der Waals surface area contributed by atoms with Gasteiger partial charge < -0.3 is 5.73 Å². The quantitative estimate of drug-likeness (QED) is 0.828. The number of nitrogens with zero attached hydrogens (tertiary/aromatic N) is 1. The van der Waals surface area contributed by atoms with Crippen LogP contribution in [0.2, 0.25) is 0 Å². The second-order valence-electron chi connectivity index (χ2n) is 4.22. The first-order valence-electron chi connectivity index (χ1n) is 5.60. The van der Waals surface area contributed by atoms with Gasteiger partial charge in [-0.2, -0.15) is 13.2 Å². The number of ketones is 1. The van der Waals surface area contributed by atoms with Crippen molar-refractivity contribution in [2.75, 3.05) is 6.54 Å². The third-order valence-corrected chi connectivity index (χ3v) is 2.69. The molecule has 0 aliphatic heterocycles. The third kappa shape index (κ3) is 3.80. The summed E-state index contributed by atoms with van der Waals surface area (Å²) in [6.45, 7) is 2.26. The Kier molecular flexibility index (Phi) is 4.84. The molecule has 0 saturated heterocycles. The van der Waals surface area contributed by atoms with E-state index < -0.39 is 17.5 Å². The Morgan fingerprint density at radius 3 is 2.72 bits per heavy atom. The van der Waals surface area contributed by atoms with E-state index in [1.807, 2.05) is 6.92 Å². The average molecular weight is 260 g/mol. The highest BCUT2D eigenvalue weighted by atomic mass is 19.4. The van der Waals surface area contributed by atoms with E-state index in [-0.39, 0.29) is 17.9 Å². The number of halogens is 3. The zero-order chi connectivity index (χ0) is 13.8. The van der Waals surface area contributed by atoms with Gasteiger partial charge in [-0.05, 0) is 24.9 Å². The molecule has 0 saturated carbocycles. The molecule has 0 amide bonds. The fourth-order valence-electron chi connectivity index (χ4n) is 1.49. The van der Waals surface area contributed by atoms with E-state index in [2.05, 4.69) is 4.98 Å². The molecular formula is C12H15F3N2O. The van der Waals surface area contributed by atoms with Crippen LogP contribution in [0.1, 0.15) is 35.7 Å². The van der Waals surface area contributed by atoms with Crippen LogP contribution >= 0.6 is 0 Å². The van der Waals surface area contributed by atoms with Crippen molar-refractivity contribution in [1.29, 1.82) is 0 Å². The molecule has 0 aliphatic carbocycles. The van der Waals surface area contributed by atoms with Gasteiger partial charge in [0.25, 0.3) is 0 Å². The van der Waals surface area contributed by atoms with Crippen LogP contribution in [0, 0.1) is 5.92 Å². The normalized spacial score (nSPS) is 13.4. The van der Waals surface area contributed by atoms with Gasteiger partial charge in [0.15, 0.2) is 5.78 Å². The summed E-state index contributed by atoms with van der Waals surface area (Å²) in [4.78, 5) is 15.3. The van der Waals surface area contributed by atoms with Crippen molar-refractivity contribution < 1.29 is 18.0 Å². The van der Waals surface area contributed by atoms with Gasteiger partial charge in [-0.3, -0.25) is 9.78 Å². The molecule has 3 nitrogen and oxygen atoms in total. The van der Waals surface area contributed by atoms with Crippen LogP contribution in [0.25, 0.3) is 0 Å². The molecule has 0 aliphatic rings. The minimum atomic E-state index is -4.53. The Balaban J connectivity index is 2.86. The van der Waals surface area contributed by atoms with E-state index in [1.165, 1.54) is 0 Å². The van der Waals surface area contributed by atoms with Crippen LogP contribution in [0.15, 0.2) is 18.5 Å². The highest BCUT2D eigenvalue weighted by molar-refractivity contribution is 5.97. The fourth-order valence-corrected chi connectivity index (χ4v) is 1.49. The van der Waals surface area contributed by atoms with Crippen LogP contribution in [-0.4, -0.2) is 17.3 Å². The molecule has 0 spiro atoms. The largest absolute Gasteiger partial charge is 0.417 e. The molecule has 1 atom stereocenters. The van der Waals surface area contributed by atoms with Gasteiger partial charge in [-0.25, -0.2) is 0 Å². The van der Waals surface area contributed by atoms with Crippen molar-refractivity contribution in [3.8, 4) is 0 Å². The second-order valence-corrected chi connectivity index (χ2v) is 4.22. The summed E-state index contributed by atoms with van der Waals surface area (Å²) < 4.78 is 38.0. The van der Waals surface area contributed by atoms with Crippen LogP contribution in [-0.2, 0) is 6.18 Å². The monoisotopic (exact) mass is 260 g/mol. The van der Waals surface area contributed by atoms with Gasteiger partial charge in [-0.15, -0.1) is 0 Å². The van der Waals surface area contributed by atoms with E-state index in [0.29, 0.717) is 13.0 Å². The molecule has 2 N–H and O–H groups in total. The van der Waals surface area contributed by atoms with Crippen LogP contribution in [0.3, 0.4) is 0 Å². The number of hydrogen-bond donors (Lipinski definition) is 1. The number of carbonyl (C=O) groups is 1. The zero-order valence-electron chi connectivity index (χ0n) is 10.00. The van der Waals surface area contributed by atoms with Crippen molar-refractivity contribution in [3.05, 3.63) is 29.6 Å². The Morgan fingerprint density at radius 2 is 2.17 bits per heavy atom. The predicted octanol–water partition coefficient (Wildman–Crippen LogP) is 2.66. The Hall–Kier alpha value is -1.43. The average Bonchev–Trinajstić information content (AvgIpc) is 2.34. The van der Waals surface area contributed by atoms with E-state index >= 15 is 0 Å². The van der Waals surface area contributed by atoms with E-state index in [1.54, 1.807) is 0 Å². The minimum Gasteiger partial charge on any atom is -0.330 e. The number of Topliss-reactive ketones (excluding diaryl/α,β-unsaturated/α-hetero) is 1. The summed E-state index contributed by atoms with van der Waals surface area (Å²) in [6.07, 6.45) is -2.01. The van der Waals surface area contributed by atoms with Crippen molar-refractivity contribution in [3.63, 3.8) is 0 Å². The Bertz CT molecular complexity index is 418. The Labute approximate surface area is 103 Å². The maximum atomic E-state index is 12.7. The lowest BCUT2D eigenvalue weighted by Crippen LogP contribution is -2.16. The van der Waals surface area contributed by atoms with Gasteiger partial charge in [0.2, 0.25) is 0 Å². The van der Waals surface area contributed by atoms with Crippen molar-refractivity contribution >= 4 is 5.78 Å². The Morgan fingerprint density at radius 1 is 1.50 bits per heavy atom. The molecule has 1 heterocycles. The topological polar surface area (TPSA) is 56.0 Å². The summed E-state index contributed by atoms with van der Waals surface area (Å²) in [5, 5.41) is 0. The molecule has 100 valence electrons. The molecule has 6 heteroatoms. The number of alkyl halides is 3. The first kappa shape index (κ1) is 14.6. The molecule has 1 aromatic heterocycles. The highest BCUT2D eigenvalue weighted by Crippen LogP contribution is 2.32. The maximum absolute atomic E-state index is 12.7. The van der Waals surface area contributed by atoms with Gasteiger partial charge in [0.05, 0.1) is 5.56 Å². The smallest absolute Gasteiger partial charge is 0.330 e. The lowest BCUT2D eigenvalue weighted by Gasteiger charge is -2.12. The maximum Gasteiger partial charge on any atom is 0.417 e. The minimum absolute atomic E-state index is 0.0488. The first-order valence-corrected chi connectivity index (χ1v) is 5.60. The summed E-state index contributed by atoms with van der Waals surface area (Å²) in [7, 11) is 0. The van der Waals surface area contributed by atoms with Crippen molar-refractivity contribution in [2.24, 2.45) is 11.7 Å². The van der Waals surface area contributed by atoms with Crippen LogP contribution in [0.4, 0.5) is 13.2 Å². The summed E-state index contributed by atoms with van der Waals surface area (Å²) in [5.41, 5.74) is 4.10. The van der Waals surface area contributed by atoms with Gasteiger partial charge in [0.1, 0.15) is 0 Å². The summed E-state index contributed by atoms with van der Waals surface area (Å²) >= 11 is 0. The molecule has 18 heavy (non-hydrogen) atoms. The molecular weight excluding hydrogens is 245 g/mol. The standard InChI is InChI=1S/C12H15F3N2O/c1-8(6-16)2-3-11(18)9-7-17-5-4-10(9)12(13,14)15/h4-5,7-8H,2-3,6,16H2,1H3. The lowest BCUT2D eigenvalue weighted by molar-refractivity contribution is -0.138. The van der Waals surface area contributed by atoms with E-state index in [0.717, 1.165) is 18.5 Å². The molecule has 1 rings (SSSR count). The van der Waals surface area contributed by atoms with Crippen molar-refractivity contribution in [1.82, 2.24) is 4.98 Å². The fraction of sp³-hybridized carbons (Fsp3) is 0.500. The molecule has 0 bridgehead atoms. The molecule has 0 fully saturated rings. The number of carbonyl (C=O) groups excluding carboxylic acids is 1. The SMILES string of the molecule is CC(CN)CCC(=O)c1cnccc1C(F)(F)F. The summed E-state index contributed by atoms with van der Waals surface area (Å²) in [5.74, 6) is -0.435. The lowest BCUT2D eigenvalue weighted by atomic mass is 9.98. The van der Waals surface area contributed by atoms with Gasteiger partial charge >= 0.3 is 6.18 Å². The number of hydrogen-bond acceptors (Lipinski definition) is 3. The summed E-state index contributed by atoms with van der Waals surface area (Å²) in [6, 6.07) is 0.819. The second kappa shape index (κ2) is 5.95. The van der Waals surface area contributed by atoms with Gasteiger partial charge in [-0.1, -0.05) is 6.92 Å². The predicted molar refractivity (Wildman–Crippen MR) is 61.0 cm³/mol. The zero-order valence-corrected chi connectivity index (χ0v) is 10.00. The van der Waals surface area contributed by atoms with Crippen LogP contribution in [0.5, 0.6) is 0 Å². The molecule has 1 unspecified atom stereocenters. The molecule has 1 aromatic rings. The van der Waals surface area contributed by atoms with Gasteiger partial charge in [0, 0.05) is 24.4 Å².